The van der Waals surface area contributed by atoms with Crippen LogP contribution in [0.1, 0.15) is 24.0 Å². The normalized spacial score (nSPS) is 12.0. The fourth-order valence-corrected chi connectivity index (χ4v) is 6.49. The van der Waals surface area contributed by atoms with Gasteiger partial charge in [0.15, 0.2) is 0 Å². The number of rotatable bonds is 11. The molecule has 0 atom stereocenters. The number of nitrogens with zero attached hydrogens (tertiary/aromatic N) is 3. The molecule has 0 spiro atoms. The van der Waals surface area contributed by atoms with Gasteiger partial charge in [-0.05, 0) is 72.4 Å². The molecule has 0 bridgehead atoms. The van der Waals surface area contributed by atoms with Gasteiger partial charge in [0.1, 0.15) is 16.7 Å². The molecule has 228 valence electrons. The second-order valence-electron chi connectivity index (χ2n) is 9.70. The number of pyridine rings is 1. The lowest BCUT2D eigenvalue weighted by Gasteiger charge is -2.11. The van der Waals surface area contributed by atoms with E-state index in [1.165, 1.54) is 23.9 Å². The van der Waals surface area contributed by atoms with Crippen molar-refractivity contribution in [2.45, 2.75) is 35.4 Å². The fraction of sp³-hybridized carbons (Fsp3) is 0.172. The van der Waals surface area contributed by atoms with Gasteiger partial charge in [-0.15, -0.1) is 11.8 Å². The van der Waals surface area contributed by atoms with E-state index in [0.717, 1.165) is 29.0 Å². The Morgan fingerprint density at radius 1 is 0.977 bits per heavy atom. The molecule has 0 amide bonds. The molecule has 2 N–H and O–H groups in total. The van der Waals surface area contributed by atoms with Crippen LogP contribution in [-0.4, -0.2) is 34.3 Å². The Labute approximate surface area is 252 Å². The van der Waals surface area contributed by atoms with Gasteiger partial charge in [0.25, 0.3) is 15.7 Å². The van der Waals surface area contributed by atoms with Crippen LogP contribution in [0.2, 0.25) is 0 Å². The lowest BCUT2D eigenvalue weighted by atomic mass is 10.1. The number of H-pyrrole nitrogens is 1. The van der Waals surface area contributed by atoms with Crippen molar-refractivity contribution in [1.29, 1.82) is 0 Å². The summed E-state index contributed by atoms with van der Waals surface area (Å²) in [5, 5.41) is 20.1. The Kier molecular flexibility index (Phi) is 8.87. The van der Waals surface area contributed by atoms with Crippen LogP contribution < -0.4 is 4.72 Å². The fourth-order valence-electron chi connectivity index (χ4n) is 4.46. The average molecular weight is 646 g/mol. The molecule has 44 heavy (non-hydrogen) atoms. The van der Waals surface area contributed by atoms with Gasteiger partial charge in [0.2, 0.25) is 0 Å². The molecule has 0 aliphatic carbocycles. The monoisotopic (exact) mass is 645 g/mol. The molecule has 0 aliphatic heterocycles. The van der Waals surface area contributed by atoms with E-state index in [1.807, 2.05) is 24.3 Å². The summed E-state index contributed by atoms with van der Waals surface area (Å²) in [6.07, 6.45) is -1.35. The number of hydrogen-bond acceptors (Lipinski definition) is 7. The highest BCUT2D eigenvalue weighted by Gasteiger charge is 2.31. The van der Waals surface area contributed by atoms with Gasteiger partial charge in [-0.25, -0.2) is 12.8 Å². The van der Waals surface area contributed by atoms with E-state index in [9.17, 15) is 36.1 Å². The maximum Gasteiger partial charge on any atom is 0.416 e. The number of nitro benzene ring substituents is 1. The first kappa shape index (κ1) is 30.9. The third-order valence-electron chi connectivity index (χ3n) is 6.60. The van der Waals surface area contributed by atoms with Crippen LogP contribution in [0.3, 0.4) is 0 Å². The van der Waals surface area contributed by atoms with Gasteiger partial charge in [-0.3, -0.25) is 24.9 Å². The van der Waals surface area contributed by atoms with Crippen LogP contribution in [-0.2, 0) is 22.6 Å². The summed E-state index contributed by atoms with van der Waals surface area (Å²) >= 11 is 1.32. The minimum Gasteiger partial charge on any atom is -0.263 e. The van der Waals surface area contributed by atoms with E-state index in [4.69, 9.17) is 0 Å². The van der Waals surface area contributed by atoms with Gasteiger partial charge >= 0.3 is 6.18 Å². The number of aromatic nitrogens is 3. The largest absolute Gasteiger partial charge is 0.416 e. The number of hydrogen-bond donors (Lipinski definition) is 2. The maximum absolute atomic E-state index is 13.8. The molecule has 9 nitrogen and oxygen atoms in total. The maximum atomic E-state index is 13.8. The molecular formula is C29H23F4N5O4S2. The molecule has 0 saturated heterocycles. The molecule has 5 rings (SSSR count). The van der Waals surface area contributed by atoms with Crippen LogP contribution in [0.4, 0.5) is 29.1 Å². The first-order valence-electron chi connectivity index (χ1n) is 13.1. The lowest BCUT2D eigenvalue weighted by molar-refractivity contribution is -0.385. The molecule has 0 radical (unpaired) electrons. The Morgan fingerprint density at radius 3 is 2.41 bits per heavy atom. The predicted octanol–water partition coefficient (Wildman–Crippen LogP) is 7.61. The van der Waals surface area contributed by atoms with Crippen LogP contribution in [0, 0.1) is 15.9 Å². The van der Waals surface area contributed by atoms with E-state index in [-0.39, 0.29) is 16.4 Å². The topological polar surface area (TPSA) is 131 Å². The molecule has 0 fully saturated rings. The van der Waals surface area contributed by atoms with Crippen LogP contribution >= 0.6 is 11.8 Å². The number of benzene rings is 3. The van der Waals surface area contributed by atoms with Crippen LogP contribution in [0.5, 0.6) is 0 Å². The first-order valence-corrected chi connectivity index (χ1v) is 15.6. The summed E-state index contributed by atoms with van der Waals surface area (Å²) in [7, 11) is -4.31. The number of aryl methyl sites for hydroxylation is 1. The summed E-state index contributed by atoms with van der Waals surface area (Å²) in [4.78, 5) is 14.5. The van der Waals surface area contributed by atoms with E-state index in [2.05, 4.69) is 19.9 Å². The number of unbranched alkanes of at least 4 members (excludes halogenated alkanes) is 1. The lowest BCUT2D eigenvalue weighted by Crippen LogP contribution is -2.14. The third-order valence-corrected chi connectivity index (χ3v) is 9.03. The Balaban J connectivity index is 1.37. The standard InChI is InChI=1S/C29H23F4N5O4S2/c30-22-13-18(14-23(16-22)38(39)40)5-3-4-12-43-28-26(25-15-19-6-1-2-7-20(19)17-34-25)27(35-36-28)37-44(41,42)24-10-8-21(9-11-24)29(31,32)33/h1-2,6-11,13-17H,3-5,12H2,(H2,35,36,37). The molecule has 0 saturated carbocycles. The van der Waals surface area contributed by atoms with Gasteiger partial charge in [-0.1, -0.05) is 24.3 Å². The number of sulfonamides is 1. The van der Waals surface area contributed by atoms with Crippen LogP contribution in [0.15, 0.2) is 88.9 Å². The summed E-state index contributed by atoms with van der Waals surface area (Å²) in [5.41, 5.74) is -0.0188. The summed E-state index contributed by atoms with van der Waals surface area (Å²) in [6.45, 7) is 0. The highest BCUT2D eigenvalue weighted by molar-refractivity contribution is 7.99. The van der Waals surface area contributed by atoms with Crippen molar-refractivity contribution in [3.63, 3.8) is 0 Å². The van der Waals surface area contributed by atoms with Crippen molar-refractivity contribution in [2.24, 2.45) is 0 Å². The number of alkyl halides is 3. The van der Waals surface area contributed by atoms with Crippen molar-refractivity contribution < 1.29 is 30.9 Å². The molecule has 3 aromatic carbocycles. The number of fused-ring (bicyclic) bond motifs is 1. The number of non-ortho nitro benzene ring substituents is 1. The second kappa shape index (κ2) is 12.6. The Hall–Kier alpha value is -4.50. The minimum absolute atomic E-state index is 0.0118. The van der Waals surface area contributed by atoms with E-state index in [0.29, 0.717) is 59.0 Å². The number of halogens is 4. The third kappa shape index (κ3) is 7.17. The second-order valence-corrected chi connectivity index (χ2v) is 12.5. The highest BCUT2D eigenvalue weighted by atomic mass is 32.2. The molecule has 2 heterocycles. The number of nitro groups is 1. The van der Waals surface area contributed by atoms with Crippen LogP contribution in [0.25, 0.3) is 22.0 Å². The molecule has 5 aromatic rings. The number of anilines is 1. The Bertz CT molecular complexity index is 1930. The van der Waals surface area contributed by atoms with Crippen molar-refractivity contribution in [2.75, 3.05) is 10.5 Å². The van der Waals surface area contributed by atoms with Gasteiger partial charge < -0.3 is 0 Å². The minimum atomic E-state index is -4.62. The van der Waals surface area contributed by atoms with E-state index < -0.39 is 32.5 Å². The SMILES string of the molecule is O=[N+]([O-])c1cc(F)cc(CCCCSc2n[nH]c(NS(=O)(=O)c3ccc(C(F)(F)F)cc3)c2-c2cc3ccccc3cn2)c1. The number of aromatic amines is 1. The quantitative estimate of drug-likeness (QED) is 0.0497. The molecule has 0 aliphatic rings. The number of thioether (sulfide) groups is 1. The van der Waals surface area contributed by atoms with Gasteiger partial charge in [0.05, 0.1) is 32.7 Å². The zero-order valence-corrected chi connectivity index (χ0v) is 24.3. The van der Waals surface area contributed by atoms with Crippen molar-refractivity contribution in [3.05, 3.63) is 106 Å². The molecule has 15 heteroatoms. The average Bonchev–Trinajstić information content (AvgIpc) is 3.37. The predicted molar refractivity (Wildman–Crippen MR) is 158 cm³/mol. The summed E-state index contributed by atoms with van der Waals surface area (Å²) in [5.74, 6) is -0.172. The summed E-state index contributed by atoms with van der Waals surface area (Å²) < 4.78 is 81.4. The molecular weight excluding hydrogens is 622 g/mol. The van der Waals surface area contributed by atoms with Gasteiger partial charge in [0, 0.05) is 17.6 Å². The van der Waals surface area contributed by atoms with E-state index in [1.54, 1.807) is 12.3 Å². The van der Waals surface area contributed by atoms with Crippen molar-refractivity contribution in [1.82, 2.24) is 15.2 Å². The van der Waals surface area contributed by atoms with E-state index >= 15 is 0 Å². The smallest absolute Gasteiger partial charge is 0.263 e. The van der Waals surface area contributed by atoms with Gasteiger partial charge in [-0.2, -0.15) is 18.3 Å². The number of nitrogens with one attached hydrogen (secondary N) is 2. The van der Waals surface area contributed by atoms with Crippen molar-refractivity contribution >= 4 is 44.1 Å². The zero-order chi connectivity index (χ0) is 31.5. The summed E-state index contributed by atoms with van der Waals surface area (Å²) in [6, 6.07) is 15.8. The zero-order valence-electron chi connectivity index (χ0n) is 22.6. The van der Waals surface area contributed by atoms with Crippen molar-refractivity contribution in [3.8, 4) is 11.3 Å². The molecule has 2 aromatic heterocycles. The Morgan fingerprint density at radius 2 is 1.70 bits per heavy atom. The molecule has 0 unspecified atom stereocenters. The first-order chi connectivity index (χ1) is 20.9. The highest BCUT2D eigenvalue weighted by Crippen LogP contribution is 2.37.